The van der Waals surface area contributed by atoms with E-state index >= 15 is 0 Å². The van der Waals surface area contributed by atoms with Crippen LogP contribution in [0.4, 0.5) is 0 Å². The van der Waals surface area contributed by atoms with Crippen LogP contribution in [0, 0.1) is 0 Å². The van der Waals surface area contributed by atoms with Crippen LogP contribution < -0.4 is 10.1 Å². The monoisotopic (exact) mass is 408 g/mol. The molecule has 2 aromatic heterocycles. The van der Waals surface area contributed by atoms with Gasteiger partial charge in [-0.15, -0.1) is 5.10 Å². The maximum absolute atomic E-state index is 10.5. The zero-order valence-electron chi connectivity index (χ0n) is 18.0. The Kier molecular flexibility index (Phi) is 4.97. The van der Waals surface area contributed by atoms with Gasteiger partial charge in [-0.3, -0.25) is 4.68 Å². The van der Waals surface area contributed by atoms with E-state index in [-0.39, 0.29) is 28.9 Å². The molecule has 30 heavy (non-hydrogen) atoms. The van der Waals surface area contributed by atoms with Crippen molar-refractivity contribution in [2.24, 2.45) is 7.05 Å². The largest absolute Gasteiger partial charge is 0.507 e. The number of phenolic OH excluding ortho intramolecular Hbond substituents is 1. The van der Waals surface area contributed by atoms with Gasteiger partial charge in [-0.2, -0.15) is 5.10 Å². The van der Waals surface area contributed by atoms with Gasteiger partial charge in [0.1, 0.15) is 17.5 Å². The maximum Gasteiger partial charge on any atom is 0.335 e. The Morgan fingerprint density at radius 2 is 1.80 bits per heavy atom. The predicted molar refractivity (Wildman–Crippen MR) is 114 cm³/mol. The van der Waals surface area contributed by atoms with Crippen LogP contribution in [-0.4, -0.2) is 47.3 Å². The first-order valence-electron chi connectivity index (χ1n) is 10.1. The zero-order chi connectivity index (χ0) is 21.5. The van der Waals surface area contributed by atoms with Gasteiger partial charge in [-0.25, -0.2) is 4.98 Å². The Morgan fingerprint density at radius 1 is 1.07 bits per heavy atom. The summed E-state index contributed by atoms with van der Waals surface area (Å²) in [4.78, 5) is 4.33. The summed E-state index contributed by atoms with van der Waals surface area (Å²) in [6, 6.07) is 7.50. The molecule has 158 valence electrons. The fourth-order valence-electron chi connectivity index (χ4n) is 4.38. The number of piperidine rings is 1. The molecule has 1 aliphatic rings. The molecule has 0 spiro atoms. The van der Waals surface area contributed by atoms with Gasteiger partial charge in [0.05, 0.1) is 11.9 Å². The second-order valence-electron chi connectivity index (χ2n) is 9.27. The van der Waals surface area contributed by atoms with Crippen LogP contribution in [0.15, 0.2) is 36.7 Å². The number of benzene rings is 1. The van der Waals surface area contributed by atoms with Crippen LogP contribution in [-0.2, 0) is 7.05 Å². The predicted octanol–water partition coefficient (Wildman–Crippen LogP) is 3.33. The van der Waals surface area contributed by atoms with E-state index in [1.807, 2.05) is 25.4 Å². The second-order valence-corrected chi connectivity index (χ2v) is 9.27. The lowest BCUT2D eigenvalue weighted by molar-refractivity contribution is 0.0491. The molecule has 0 radical (unpaired) electrons. The fourth-order valence-corrected chi connectivity index (χ4v) is 4.38. The van der Waals surface area contributed by atoms with Crippen molar-refractivity contribution in [2.75, 3.05) is 0 Å². The maximum atomic E-state index is 10.5. The molecule has 2 N–H and O–H groups in total. The number of rotatable bonds is 4. The van der Waals surface area contributed by atoms with Crippen molar-refractivity contribution in [2.45, 2.75) is 57.7 Å². The number of aromatic hydroxyl groups is 1. The number of nitrogens with one attached hydrogen (secondary N) is 1. The lowest BCUT2D eigenvalue weighted by Gasteiger charge is -2.45. The lowest BCUT2D eigenvalue weighted by Crippen LogP contribution is -2.60. The van der Waals surface area contributed by atoms with Crippen LogP contribution in [0.5, 0.6) is 11.8 Å². The fraction of sp³-hybridized carbons (Fsp3) is 0.455. The summed E-state index contributed by atoms with van der Waals surface area (Å²) in [6.45, 7) is 8.68. The Morgan fingerprint density at radius 3 is 2.37 bits per heavy atom. The third kappa shape index (κ3) is 4.43. The van der Waals surface area contributed by atoms with Crippen molar-refractivity contribution < 1.29 is 9.84 Å². The molecule has 3 heterocycles. The molecular formula is C22H28N6O2. The Hall–Kier alpha value is -3.00. The van der Waals surface area contributed by atoms with E-state index in [2.05, 4.69) is 53.3 Å². The summed E-state index contributed by atoms with van der Waals surface area (Å²) < 4.78 is 7.75. The van der Waals surface area contributed by atoms with Gasteiger partial charge < -0.3 is 15.2 Å². The van der Waals surface area contributed by atoms with E-state index in [1.165, 1.54) is 0 Å². The third-order valence-electron chi connectivity index (χ3n) is 5.25. The number of nitrogens with zero attached hydrogens (tertiary/aromatic N) is 5. The van der Waals surface area contributed by atoms with E-state index in [1.54, 1.807) is 23.0 Å². The minimum Gasteiger partial charge on any atom is -0.507 e. The molecule has 1 aliphatic heterocycles. The van der Waals surface area contributed by atoms with Gasteiger partial charge in [0, 0.05) is 48.3 Å². The van der Waals surface area contributed by atoms with Gasteiger partial charge in [0.25, 0.3) is 0 Å². The number of ether oxygens (including phenoxy) is 1. The summed E-state index contributed by atoms with van der Waals surface area (Å²) in [5, 5.41) is 26.8. The van der Waals surface area contributed by atoms with Crippen molar-refractivity contribution in [1.82, 2.24) is 30.3 Å². The Bertz CT molecular complexity index is 1030. The van der Waals surface area contributed by atoms with E-state index in [9.17, 15) is 5.11 Å². The minimum atomic E-state index is -0.0269. The summed E-state index contributed by atoms with van der Waals surface area (Å²) in [7, 11) is 1.86. The molecule has 3 aromatic rings. The molecular weight excluding hydrogens is 380 g/mol. The van der Waals surface area contributed by atoms with Crippen molar-refractivity contribution in [3.05, 3.63) is 36.7 Å². The zero-order valence-corrected chi connectivity index (χ0v) is 18.0. The molecule has 4 rings (SSSR count). The van der Waals surface area contributed by atoms with Crippen LogP contribution in [0.2, 0.25) is 0 Å². The highest BCUT2D eigenvalue weighted by Gasteiger charge is 2.39. The van der Waals surface area contributed by atoms with E-state index in [4.69, 9.17) is 4.74 Å². The van der Waals surface area contributed by atoms with Gasteiger partial charge in [0.15, 0.2) is 0 Å². The first-order valence-corrected chi connectivity index (χ1v) is 10.1. The smallest absolute Gasteiger partial charge is 0.335 e. The van der Waals surface area contributed by atoms with Crippen molar-refractivity contribution >= 4 is 0 Å². The van der Waals surface area contributed by atoms with E-state index < -0.39 is 0 Å². The number of aromatic nitrogens is 5. The van der Waals surface area contributed by atoms with Crippen LogP contribution in [0.25, 0.3) is 22.5 Å². The number of aryl methyl sites for hydroxylation is 1. The highest BCUT2D eigenvalue weighted by molar-refractivity contribution is 5.72. The summed E-state index contributed by atoms with van der Waals surface area (Å²) in [5.41, 5.74) is 2.61. The van der Waals surface area contributed by atoms with Gasteiger partial charge in [0.2, 0.25) is 0 Å². The highest BCUT2D eigenvalue weighted by Crippen LogP contribution is 2.33. The number of hydrogen-bond acceptors (Lipinski definition) is 7. The minimum absolute atomic E-state index is 0.00922. The first kappa shape index (κ1) is 20.3. The quantitative estimate of drug-likeness (QED) is 0.683. The number of phenols is 1. The summed E-state index contributed by atoms with van der Waals surface area (Å²) in [6.07, 6.45) is 5.16. The molecule has 1 saturated heterocycles. The standard InChI is InChI=1S/C22H28N6O2/c1-21(2)11-15(12-22(3,4)27-21)30-20-23-13-18(24-25-20)16-7-6-14(10-19(16)29)17-8-9-28(5)26-17/h6-10,13,15,27,29H,11-12H2,1-5H3. The van der Waals surface area contributed by atoms with Crippen molar-refractivity contribution in [3.63, 3.8) is 0 Å². The van der Waals surface area contributed by atoms with Crippen LogP contribution in [0.3, 0.4) is 0 Å². The van der Waals surface area contributed by atoms with Crippen LogP contribution >= 0.6 is 0 Å². The average molecular weight is 409 g/mol. The molecule has 0 atom stereocenters. The normalized spacial score (nSPS) is 18.3. The van der Waals surface area contributed by atoms with Gasteiger partial charge >= 0.3 is 6.01 Å². The van der Waals surface area contributed by atoms with Crippen molar-refractivity contribution in [1.29, 1.82) is 0 Å². The van der Waals surface area contributed by atoms with Crippen LogP contribution in [0.1, 0.15) is 40.5 Å². The van der Waals surface area contributed by atoms with E-state index in [0.717, 1.165) is 24.1 Å². The Balaban J connectivity index is 1.50. The highest BCUT2D eigenvalue weighted by atomic mass is 16.5. The molecule has 0 unspecified atom stereocenters. The lowest BCUT2D eigenvalue weighted by atomic mass is 9.81. The van der Waals surface area contributed by atoms with Gasteiger partial charge in [-0.1, -0.05) is 11.2 Å². The summed E-state index contributed by atoms with van der Waals surface area (Å²) >= 11 is 0. The SMILES string of the molecule is Cn1ccc(-c2ccc(-c3cnc(OC4CC(C)(C)NC(C)(C)C4)nn3)c(O)c2)n1. The third-order valence-corrected chi connectivity index (χ3v) is 5.25. The topological polar surface area (TPSA) is 98.0 Å². The average Bonchev–Trinajstić information content (AvgIpc) is 3.06. The molecule has 0 aliphatic carbocycles. The molecule has 0 amide bonds. The molecule has 1 aromatic carbocycles. The molecule has 8 heteroatoms. The molecule has 8 nitrogen and oxygen atoms in total. The molecule has 0 saturated carbocycles. The summed E-state index contributed by atoms with van der Waals surface area (Å²) in [5.74, 6) is 0.102. The Labute approximate surface area is 176 Å². The molecule has 1 fully saturated rings. The van der Waals surface area contributed by atoms with Crippen molar-refractivity contribution in [3.8, 4) is 34.3 Å². The first-order chi connectivity index (χ1) is 14.1. The molecule has 0 bridgehead atoms. The second kappa shape index (κ2) is 7.36. The van der Waals surface area contributed by atoms with E-state index in [0.29, 0.717) is 11.3 Å². The number of hydrogen-bond donors (Lipinski definition) is 2. The van der Waals surface area contributed by atoms with Gasteiger partial charge in [-0.05, 0) is 45.9 Å².